The number of rotatable bonds is 0. The number of nitrogens with zero attached hydrogens (tertiary/aromatic N) is 2. The van der Waals surface area contributed by atoms with E-state index in [0.717, 1.165) is 0 Å². The highest BCUT2D eigenvalue weighted by molar-refractivity contribution is 5.91. The summed E-state index contributed by atoms with van der Waals surface area (Å²) in [6.07, 6.45) is 6.28. The molecule has 0 aliphatic rings. The Hall–Kier alpha value is -2.35. The quantitative estimate of drug-likeness (QED) is 0.402. The second-order valence-corrected chi connectivity index (χ2v) is 4.25. The minimum absolute atomic E-state index is 1.23. The topological polar surface area (TPSA) is 8.51 Å². The number of aromatic nitrogens is 2. The van der Waals surface area contributed by atoms with Crippen molar-refractivity contribution in [3.63, 3.8) is 0 Å². The van der Waals surface area contributed by atoms with E-state index in [1.807, 2.05) is 6.07 Å². The van der Waals surface area contributed by atoms with Crippen molar-refractivity contribution >= 4 is 21.9 Å². The SMILES string of the molecule is c1ccc2c(c1)cc1c3cccc[n+]3ccn21. The molecule has 0 fully saturated rings. The van der Waals surface area contributed by atoms with E-state index in [-0.39, 0.29) is 0 Å². The van der Waals surface area contributed by atoms with Crippen molar-refractivity contribution in [2.24, 2.45) is 0 Å². The maximum absolute atomic E-state index is 2.24. The summed E-state index contributed by atoms with van der Waals surface area (Å²) in [5.41, 5.74) is 3.73. The lowest BCUT2D eigenvalue weighted by Crippen LogP contribution is -2.20. The number of benzene rings is 1. The molecule has 0 radical (unpaired) electrons. The van der Waals surface area contributed by atoms with Gasteiger partial charge in [-0.15, -0.1) is 0 Å². The van der Waals surface area contributed by atoms with Crippen LogP contribution in [0.15, 0.2) is 67.1 Å². The van der Waals surface area contributed by atoms with Gasteiger partial charge >= 0.3 is 0 Å². The molecular formula is C15H11N2+. The Bertz CT molecular complexity index is 843. The minimum atomic E-state index is 1.23. The molecule has 4 rings (SSSR count). The van der Waals surface area contributed by atoms with Gasteiger partial charge in [0.1, 0.15) is 5.52 Å². The Balaban J connectivity index is 2.34. The third-order valence-electron chi connectivity index (χ3n) is 3.28. The first-order valence-corrected chi connectivity index (χ1v) is 5.72. The number of pyridine rings is 1. The largest absolute Gasteiger partial charge is 0.305 e. The summed E-state index contributed by atoms with van der Waals surface area (Å²) in [7, 11) is 0. The molecule has 0 aliphatic carbocycles. The molecule has 0 atom stereocenters. The second-order valence-electron chi connectivity index (χ2n) is 4.25. The summed E-state index contributed by atoms with van der Waals surface area (Å²) in [5, 5.41) is 1.28. The lowest BCUT2D eigenvalue weighted by atomic mass is 10.2. The lowest BCUT2D eigenvalue weighted by molar-refractivity contribution is -0.511. The van der Waals surface area contributed by atoms with E-state index in [1.54, 1.807) is 0 Å². The van der Waals surface area contributed by atoms with E-state index in [0.29, 0.717) is 0 Å². The zero-order chi connectivity index (χ0) is 11.2. The van der Waals surface area contributed by atoms with Crippen molar-refractivity contribution in [3.8, 4) is 0 Å². The zero-order valence-electron chi connectivity index (χ0n) is 9.25. The Morgan fingerprint density at radius 2 is 1.71 bits per heavy atom. The van der Waals surface area contributed by atoms with E-state index in [2.05, 4.69) is 69.9 Å². The van der Waals surface area contributed by atoms with E-state index in [9.17, 15) is 0 Å². The summed E-state index contributed by atoms with van der Waals surface area (Å²) in [5.74, 6) is 0. The van der Waals surface area contributed by atoms with Crippen LogP contribution in [0.4, 0.5) is 0 Å². The molecular weight excluding hydrogens is 208 g/mol. The highest BCUT2D eigenvalue weighted by Gasteiger charge is 2.09. The third kappa shape index (κ3) is 1.12. The lowest BCUT2D eigenvalue weighted by Gasteiger charge is -1.96. The Labute approximate surface area is 98.4 Å². The third-order valence-corrected chi connectivity index (χ3v) is 3.28. The molecule has 2 nitrogen and oxygen atoms in total. The van der Waals surface area contributed by atoms with Crippen molar-refractivity contribution in [1.82, 2.24) is 4.40 Å². The van der Waals surface area contributed by atoms with Crippen LogP contribution in [0, 0.1) is 0 Å². The molecule has 3 aromatic heterocycles. The van der Waals surface area contributed by atoms with Crippen LogP contribution in [0.1, 0.15) is 0 Å². The van der Waals surface area contributed by atoms with Crippen LogP contribution in [0.2, 0.25) is 0 Å². The molecule has 1 aromatic carbocycles. The fourth-order valence-electron chi connectivity index (χ4n) is 2.48. The molecule has 0 amide bonds. The first-order valence-electron chi connectivity index (χ1n) is 5.72. The van der Waals surface area contributed by atoms with E-state index < -0.39 is 0 Å². The number of fused-ring (bicyclic) bond motifs is 5. The van der Waals surface area contributed by atoms with Crippen LogP contribution < -0.4 is 4.40 Å². The smallest absolute Gasteiger partial charge is 0.234 e. The molecule has 80 valence electrons. The predicted octanol–water partition coefficient (Wildman–Crippen LogP) is 2.83. The predicted molar refractivity (Wildman–Crippen MR) is 68.1 cm³/mol. The maximum Gasteiger partial charge on any atom is 0.234 e. The first kappa shape index (κ1) is 8.76. The van der Waals surface area contributed by atoms with Gasteiger partial charge in [-0.2, -0.15) is 4.40 Å². The van der Waals surface area contributed by atoms with Gasteiger partial charge in [0.05, 0.1) is 11.7 Å². The number of para-hydroxylation sites is 1. The maximum atomic E-state index is 2.24. The van der Waals surface area contributed by atoms with Gasteiger partial charge < -0.3 is 4.40 Å². The Kier molecular flexibility index (Phi) is 1.59. The van der Waals surface area contributed by atoms with Gasteiger partial charge in [-0.1, -0.05) is 18.2 Å². The van der Waals surface area contributed by atoms with Gasteiger partial charge in [0.15, 0.2) is 12.4 Å². The van der Waals surface area contributed by atoms with E-state index in [1.165, 1.54) is 21.9 Å². The summed E-state index contributed by atoms with van der Waals surface area (Å²) in [6, 6.07) is 17.0. The zero-order valence-corrected chi connectivity index (χ0v) is 9.25. The molecule has 17 heavy (non-hydrogen) atoms. The molecule has 0 saturated heterocycles. The molecule has 0 N–H and O–H groups in total. The monoisotopic (exact) mass is 219 g/mol. The Morgan fingerprint density at radius 1 is 0.824 bits per heavy atom. The van der Waals surface area contributed by atoms with Gasteiger partial charge in [-0.25, -0.2) is 0 Å². The van der Waals surface area contributed by atoms with E-state index >= 15 is 0 Å². The number of hydrogen-bond donors (Lipinski definition) is 0. The van der Waals surface area contributed by atoms with Gasteiger partial charge in [0.25, 0.3) is 0 Å². The molecule has 0 aliphatic heterocycles. The molecule has 0 spiro atoms. The summed E-state index contributed by atoms with van der Waals surface area (Å²) >= 11 is 0. The molecule has 0 unspecified atom stereocenters. The van der Waals surface area contributed by atoms with Crippen LogP contribution in [0.25, 0.3) is 21.9 Å². The van der Waals surface area contributed by atoms with Crippen molar-refractivity contribution < 1.29 is 4.40 Å². The average Bonchev–Trinajstić information content (AvgIpc) is 2.78. The van der Waals surface area contributed by atoms with Crippen LogP contribution in [-0.2, 0) is 0 Å². The van der Waals surface area contributed by atoms with Crippen LogP contribution in [0.3, 0.4) is 0 Å². The normalized spacial score (nSPS) is 11.5. The molecule has 4 aromatic rings. The van der Waals surface area contributed by atoms with Gasteiger partial charge in [0, 0.05) is 17.5 Å². The minimum Gasteiger partial charge on any atom is -0.305 e. The summed E-state index contributed by atoms with van der Waals surface area (Å²) in [6.45, 7) is 0. The van der Waals surface area contributed by atoms with Crippen molar-refractivity contribution in [1.29, 1.82) is 0 Å². The van der Waals surface area contributed by atoms with Gasteiger partial charge in [-0.3, -0.25) is 0 Å². The fraction of sp³-hybridized carbons (Fsp3) is 0. The van der Waals surface area contributed by atoms with Gasteiger partial charge in [-0.05, 0) is 18.2 Å². The van der Waals surface area contributed by atoms with Crippen molar-refractivity contribution in [3.05, 3.63) is 67.1 Å². The van der Waals surface area contributed by atoms with Crippen LogP contribution >= 0.6 is 0 Å². The first-order chi connectivity index (χ1) is 8.43. The molecule has 3 heterocycles. The van der Waals surface area contributed by atoms with Crippen LogP contribution in [-0.4, -0.2) is 4.40 Å². The summed E-state index contributed by atoms with van der Waals surface area (Å²) in [4.78, 5) is 0. The standard InChI is InChI=1S/C15H11N2/c1-2-6-13-12(5-1)11-15-14-7-3-4-8-16(14)9-10-17(13)15/h1-11H/q+1. The fourth-order valence-corrected chi connectivity index (χ4v) is 2.48. The molecule has 2 heteroatoms. The second kappa shape index (κ2) is 3.08. The highest BCUT2D eigenvalue weighted by Crippen LogP contribution is 2.21. The Morgan fingerprint density at radius 3 is 2.71 bits per heavy atom. The summed E-state index contributed by atoms with van der Waals surface area (Å²) < 4.78 is 4.39. The van der Waals surface area contributed by atoms with Crippen molar-refractivity contribution in [2.75, 3.05) is 0 Å². The molecule has 0 saturated carbocycles. The van der Waals surface area contributed by atoms with Crippen molar-refractivity contribution in [2.45, 2.75) is 0 Å². The van der Waals surface area contributed by atoms with Crippen LogP contribution in [0.5, 0.6) is 0 Å². The van der Waals surface area contributed by atoms with Gasteiger partial charge in [0.2, 0.25) is 5.52 Å². The van der Waals surface area contributed by atoms with E-state index in [4.69, 9.17) is 0 Å². The molecule has 0 bridgehead atoms. The highest BCUT2D eigenvalue weighted by atomic mass is 15.0. The average molecular weight is 219 g/mol. The number of hydrogen-bond acceptors (Lipinski definition) is 0.